The van der Waals surface area contributed by atoms with E-state index in [9.17, 15) is 13.6 Å². The Morgan fingerprint density at radius 2 is 2.10 bits per heavy atom. The summed E-state index contributed by atoms with van der Waals surface area (Å²) in [7, 11) is 1.34. The van der Waals surface area contributed by atoms with E-state index in [0.29, 0.717) is 11.7 Å². The Hall–Kier alpha value is -2.97. The highest BCUT2D eigenvalue weighted by molar-refractivity contribution is 5.62. The van der Waals surface area contributed by atoms with Crippen molar-refractivity contribution >= 4 is 11.5 Å². The third-order valence-corrected chi connectivity index (χ3v) is 2.91. The first-order valence-corrected chi connectivity index (χ1v) is 5.78. The van der Waals surface area contributed by atoms with E-state index in [-0.39, 0.29) is 17.1 Å². The molecule has 3 aromatic rings. The van der Waals surface area contributed by atoms with Gasteiger partial charge in [-0.2, -0.15) is 0 Å². The molecule has 3 rings (SSSR count). The Morgan fingerprint density at radius 1 is 1.33 bits per heavy atom. The maximum absolute atomic E-state index is 13.9. The molecule has 0 amide bonds. The molecule has 7 nitrogen and oxygen atoms in total. The topological polar surface area (TPSA) is 98.3 Å². The van der Waals surface area contributed by atoms with Crippen LogP contribution in [0.1, 0.15) is 0 Å². The van der Waals surface area contributed by atoms with Gasteiger partial charge in [-0.05, 0) is 0 Å². The minimum Gasteiger partial charge on any atom is -0.491 e. The van der Waals surface area contributed by atoms with Crippen LogP contribution in [0.3, 0.4) is 0 Å². The summed E-state index contributed by atoms with van der Waals surface area (Å²) in [6.45, 7) is 0. The number of halogens is 2. The lowest BCUT2D eigenvalue weighted by molar-refractivity contribution is 0.407. The lowest BCUT2D eigenvalue weighted by Crippen LogP contribution is -2.14. The lowest BCUT2D eigenvalue weighted by Gasteiger charge is -2.05. The van der Waals surface area contributed by atoms with E-state index in [1.165, 1.54) is 23.9 Å². The number of aromatic nitrogens is 4. The van der Waals surface area contributed by atoms with Gasteiger partial charge in [0.1, 0.15) is 11.4 Å². The number of hydrogen-bond donors (Lipinski definition) is 2. The molecule has 9 heteroatoms. The van der Waals surface area contributed by atoms with E-state index in [1.807, 2.05) is 0 Å². The summed E-state index contributed by atoms with van der Waals surface area (Å²) in [5.41, 5.74) is 5.04. The zero-order valence-electron chi connectivity index (χ0n) is 10.7. The number of pyridine rings is 1. The first-order valence-electron chi connectivity index (χ1n) is 5.78. The molecule has 21 heavy (non-hydrogen) atoms. The molecule has 0 aliphatic carbocycles. The summed E-state index contributed by atoms with van der Waals surface area (Å²) in [6.07, 6.45) is 1.29. The van der Waals surface area contributed by atoms with E-state index < -0.39 is 23.0 Å². The Balaban J connectivity index is 2.29. The number of methoxy groups -OCH3 is 1. The largest absolute Gasteiger partial charge is 0.491 e. The SMILES string of the molecule is COc1cc2ncc(-c3nc(N)c(F)cc3F)n2[nH]c1=O. The fraction of sp³-hybridized carbons (Fsp3) is 0.0833. The molecule has 0 bridgehead atoms. The zero-order chi connectivity index (χ0) is 15.1. The van der Waals surface area contributed by atoms with Gasteiger partial charge < -0.3 is 10.5 Å². The number of aromatic amines is 1. The second kappa shape index (κ2) is 4.54. The highest BCUT2D eigenvalue weighted by Gasteiger charge is 2.17. The van der Waals surface area contributed by atoms with Crippen LogP contribution in [0.4, 0.5) is 14.6 Å². The molecule has 0 aliphatic heterocycles. The maximum Gasteiger partial charge on any atom is 0.305 e. The molecule has 108 valence electrons. The highest BCUT2D eigenvalue weighted by Crippen LogP contribution is 2.24. The van der Waals surface area contributed by atoms with Crippen LogP contribution < -0.4 is 16.0 Å². The summed E-state index contributed by atoms with van der Waals surface area (Å²) in [5.74, 6) is -2.26. The van der Waals surface area contributed by atoms with Gasteiger partial charge in [0.2, 0.25) is 0 Å². The van der Waals surface area contributed by atoms with Crippen LogP contribution in [0.15, 0.2) is 23.1 Å². The summed E-state index contributed by atoms with van der Waals surface area (Å²) in [6, 6.07) is 2.01. The second-order valence-corrected chi connectivity index (χ2v) is 4.18. The number of nitrogens with two attached hydrogens (primary N) is 1. The second-order valence-electron chi connectivity index (χ2n) is 4.18. The van der Waals surface area contributed by atoms with Crippen molar-refractivity contribution in [1.82, 2.24) is 19.6 Å². The Kier molecular flexibility index (Phi) is 2.82. The summed E-state index contributed by atoms with van der Waals surface area (Å²) >= 11 is 0. The molecule has 0 aromatic carbocycles. The first kappa shape index (κ1) is 13.0. The molecule has 0 saturated heterocycles. The lowest BCUT2D eigenvalue weighted by atomic mass is 10.2. The van der Waals surface area contributed by atoms with E-state index in [4.69, 9.17) is 10.5 Å². The number of nitrogen functional groups attached to an aromatic ring is 1. The molecular formula is C12H9F2N5O2. The minimum absolute atomic E-state index is 0.0618. The van der Waals surface area contributed by atoms with Crippen molar-refractivity contribution in [2.45, 2.75) is 0 Å². The highest BCUT2D eigenvalue weighted by atomic mass is 19.1. The van der Waals surface area contributed by atoms with Crippen LogP contribution in [0.25, 0.3) is 17.0 Å². The number of nitrogens with zero attached hydrogens (tertiary/aromatic N) is 3. The Morgan fingerprint density at radius 3 is 2.81 bits per heavy atom. The molecular weight excluding hydrogens is 284 g/mol. The van der Waals surface area contributed by atoms with Crippen LogP contribution in [0.5, 0.6) is 5.75 Å². The molecule has 0 atom stereocenters. The number of anilines is 1. The summed E-state index contributed by atoms with van der Waals surface area (Å²) < 4.78 is 33.1. The predicted octanol–water partition coefficient (Wildman–Crippen LogP) is 0.954. The minimum atomic E-state index is -0.958. The van der Waals surface area contributed by atoms with Crippen LogP contribution in [0.2, 0.25) is 0 Å². The van der Waals surface area contributed by atoms with Crippen molar-refractivity contribution in [2.24, 2.45) is 0 Å². The van der Waals surface area contributed by atoms with E-state index in [0.717, 1.165) is 0 Å². The summed E-state index contributed by atoms with van der Waals surface area (Å²) in [5, 5.41) is 2.45. The third-order valence-electron chi connectivity index (χ3n) is 2.91. The monoisotopic (exact) mass is 293 g/mol. The van der Waals surface area contributed by atoms with Gasteiger partial charge in [-0.15, -0.1) is 0 Å². The number of ether oxygens (including phenoxy) is 1. The smallest absolute Gasteiger partial charge is 0.305 e. The molecule has 0 fully saturated rings. The van der Waals surface area contributed by atoms with Crippen LogP contribution >= 0.6 is 0 Å². The van der Waals surface area contributed by atoms with E-state index in [1.54, 1.807) is 0 Å². The number of rotatable bonds is 2. The summed E-state index contributed by atoms with van der Waals surface area (Å²) in [4.78, 5) is 19.4. The van der Waals surface area contributed by atoms with Gasteiger partial charge in [-0.25, -0.2) is 23.3 Å². The molecule has 0 unspecified atom stereocenters. The van der Waals surface area contributed by atoms with Gasteiger partial charge in [0.25, 0.3) is 0 Å². The standard InChI is InChI=1S/C12H9F2N5O2/c1-21-8-3-9-16-4-7(19(9)18-12(8)20)10-5(13)2-6(14)11(15)17-10/h2-4H,1H3,(H2,15,17)(H,18,20). The van der Waals surface area contributed by atoms with Gasteiger partial charge in [-0.1, -0.05) is 0 Å². The Bertz CT molecular complexity index is 903. The van der Waals surface area contributed by atoms with Crippen molar-refractivity contribution in [1.29, 1.82) is 0 Å². The molecule has 0 radical (unpaired) electrons. The number of nitrogens with one attached hydrogen (secondary N) is 1. The van der Waals surface area contributed by atoms with Crippen molar-refractivity contribution in [2.75, 3.05) is 12.8 Å². The quantitative estimate of drug-likeness (QED) is 0.733. The van der Waals surface area contributed by atoms with Gasteiger partial charge in [0.05, 0.1) is 13.3 Å². The molecule has 3 aromatic heterocycles. The van der Waals surface area contributed by atoms with Crippen molar-refractivity contribution < 1.29 is 13.5 Å². The average molecular weight is 293 g/mol. The van der Waals surface area contributed by atoms with Crippen LogP contribution in [-0.4, -0.2) is 26.7 Å². The van der Waals surface area contributed by atoms with Crippen LogP contribution in [-0.2, 0) is 0 Å². The molecule has 0 aliphatic rings. The normalized spacial score (nSPS) is 11.0. The number of fused-ring (bicyclic) bond motifs is 1. The van der Waals surface area contributed by atoms with Crippen molar-refractivity contribution in [3.8, 4) is 17.1 Å². The van der Waals surface area contributed by atoms with Gasteiger partial charge in [-0.3, -0.25) is 9.89 Å². The van der Waals surface area contributed by atoms with E-state index in [2.05, 4.69) is 15.1 Å². The van der Waals surface area contributed by atoms with Gasteiger partial charge in [0.15, 0.2) is 28.8 Å². The zero-order valence-corrected chi connectivity index (χ0v) is 10.7. The molecule has 0 saturated carbocycles. The number of hydrogen-bond acceptors (Lipinski definition) is 5. The predicted molar refractivity (Wildman–Crippen MR) is 69.9 cm³/mol. The van der Waals surface area contributed by atoms with Crippen molar-refractivity contribution in [3.63, 3.8) is 0 Å². The van der Waals surface area contributed by atoms with Gasteiger partial charge in [0, 0.05) is 12.1 Å². The first-order chi connectivity index (χ1) is 10.0. The van der Waals surface area contributed by atoms with Gasteiger partial charge >= 0.3 is 5.56 Å². The number of H-pyrrole nitrogens is 1. The average Bonchev–Trinajstić information content (AvgIpc) is 2.84. The molecule has 0 spiro atoms. The fourth-order valence-electron chi connectivity index (χ4n) is 1.90. The molecule has 3 heterocycles. The fourth-order valence-corrected chi connectivity index (χ4v) is 1.90. The van der Waals surface area contributed by atoms with Crippen LogP contribution in [0, 0.1) is 11.6 Å². The van der Waals surface area contributed by atoms with Crippen molar-refractivity contribution in [3.05, 3.63) is 40.3 Å². The third kappa shape index (κ3) is 1.98. The number of imidazole rings is 1. The van der Waals surface area contributed by atoms with E-state index >= 15 is 0 Å². The molecule has 3 N–H and O–H groups in total. The maximum atomic E-state index is 13.9. The Labute approximate surface area is 116 Å².